The van der Waals surface area contributed by atoms with Crippen LogP contribution < -0.4 is 10.2 Å². The predicted molar refractivity (Wildman–Crippen MR) is 106 cm³/mol. The van der Waals surface area contributed by atoms with Crippen LogP contribution in [0.25, 0.3) is 0 Å². The molecule has 0 bridgehead atoms. The summed E-state index contributed by atoms with van der Waals surface area (Å²) < 4.78 is 0. The van der Waals surface area contributed by atoms with Crippen LogP contribution in [0.3, 0.4) is 0 Å². The van der Waals surface area contributed by atoms with Gasteiger partial charge >= 0.3 is 0 Å². The minimum absolute atomic E-state index is 0.0676. The average molecular weight is 391 g/mol. The van der Waals surface area contributed by atoms with Gasteiger partial charge in [0.1, 0.15) is 5.69 Å². The Bertz CT molecular complexity index is 704. The van der Waals surface area contributed by atoms with Crippen molar-refractivity contribution in [1.29, 1.82) is 0 Å². The van der Waals surface area contributed by atoms with Gasteiger partial charge in [-0.25, -0.2) is 0 Å². The predicted octanol–water partition coefficient (Wildman–Crippen LogP) is 0.980. The third-order valence-corrected chi connectivity index (χ3v) is 6.69. The summed E-state index contributed by atoms with van der Waals surface area (Å²) in [4.78, 5) is 30.0. The molecule has 0 aromatic heterocycles. The number of nitrogens with zero attached hydrogens (tertiary/aromatic N) is 4. The minimum Gasteiger partial charge on any atom is -0.363 e. The Hall–Kier alpha value is -1.84. The van der Waals surface area contributed by atoms with E-state index in [0.29, 0.717) is 11.7 Å². The number of carbonyl (C=O) groups is 1. The summed E-state index contributed by atoms with van der Waals surface area (Å²) in [6, 6.07) is 7.24. The maximum absolute atomic E-state index is 12.6. The van der Waals surface area contributed by atoms with Crippen LogP contribution >= 0.6 is 11.8 Å². The van der Waals surface area contributed by atoms with Gasteiger partial charge < -0.3 is 15.1 Å². The molecule has 3 aliphatic rings. The van der Waals surface area contributed by atoms with E-state index in [9.17, 15) is 14.9 Å². The van der Waals surface area contributed by atoms with Crippen molar-refractivity contribution in [3.63, 3.8) is 0 Å². The van der Waals surface area contributed by atoms with Gasteiger partial charge in [0.25, 0.3) is 5.69 Å². The summed E-state index contributed by atoms with van der Waals surface area (Å²) in [5.41, 5.74) is 0.869. The molecule has 1 N–H and O–H groups in total. The number of amides is 1. The molecule has 8 nitrogen and oxygen atoms in total. The molecule has 1 amide bonds. The van der Waals surface area contributed by atoms with Gasteiger partial charge in [-0.15, -0.1) is 11.8 Å². The molecule has 0 spiro atoms. The highest BCUT2D eigenvalue weighted by molar-refractivity contribution is 7.99. The molecule has 3 fully saturated rings. The summed E-state index contributed by atoms with van der Waals surface area (Å²) in [5.74, 6) is 2.09. The van der Waals surface area contributed by atoms with Crippen molar-refractivity contribution in [3.05, 3.63) is 34.4 Å². The molecule has 0 saturated carbocycles. The molecule has 0 radical (unpaired) electrons. The Balaban J connectivity index is 1.32. The lowest BCUT2D eigenvalue weighted by atomic mass is 10.1. The fourth-order valence-corrected chi connectivity index (χ4v) is 5.16. The summed E-state index contributed by atoms with van der Waals surface area (Å²) >= 11 is 1.81. The number of rotatable bonds is 4. The number of carbonyl (C=O) groups excluding carboxylic acids is 1. The summed E-state index contributed by atoms with van der Waals surface area (Å²) in [5, 5.41) is 14.7. The molecular weight excluding hydrogens is 366 g/mol. The first-order valence-corrected chi connectivity index (χ1v) is 10.6. The molecule has 1 aromatic rings. The van der Waals surface area contributed by atoms with Crippen LogP contribution in [0.1, 0.15) is 6.42 Å². The average Bonchev–Trinajstić information content (AvgIpc) is 3.40. The summed E-state index contributed by atoms with van der Waals surface area (Å²) in [6.07, 6.45) is 0.853. The molecule has 3 aliphatic heterocycles. The number of piperazine rings is 1. The topological polar surface area (TPSA) is 82.0 Å². The zero-order chi connectivity index (χ0) is 18.8. The SMILES string of the molecule is O=C(C1CC(N2CCN(c3ccccc3[N+](=O)[O-])CC2)CN1)N1CCSC1. The lowest BCUT2D eigenvalue weighted by Crippen LogP contribution is -2.51. The molecule has 27 heavy (non-hydrogen) atoms. The number of benzene rings is 1. The molecule has 2 unspecified atom stereocenters. The molecule has 2 atom stereocenters. The molecule has 4 rings (SSSR count). The smallest absolute Gasteiger partial charge is 0.292 e. The van der Waals surface area contributed by atoms with Gasteiger partial charge in [-0.1, -0.05) is 12.1 Å². The van der Waals surface area contributed by atoms with Crippen molar-refractivity contribution in [2.24, 2.45) is 0 Å². The van der Waals surface area contributed by atoms with Crippen molar-refractivity contribution in [2.45, 2.75) is 18.5 Å². The quantitative estimate of drug-likeness (QED) is 0.605. The molecule has 1 aromatic carbocycles. The number of para-hydroxylation sites is 2. The van der Waals surface area contributed by atoms with Crippen LogP contribution in [-0.2, 0) is 4.79 Å². The Morgan fingerprint density at radius 2 is 1.96 bits per heavy atom. The second kappa shape index (κ2) is 8.04. The van der Waals surface area contributed by atoms with E-state index in [2.05, 4.69) is 15.1 Å². The first-order valence-electron chi connectivity index (χ1n) is 9.46. The number of anilines is 1. The van der Waals surface area contributed by atoms with Crippen molar-refractivity contribution < 1.29 is 9.72 Å². The molecule has 9 heteroatoms. The maximum atomic E-state index is 12.6. The van der Waals surface area contributed by atoms with Gasteiger partial charge in [0.15, 0.2) is 0 Å². The van der Waals surface area contributed by atoms with Crippen LogP contribution in [-0.4, -0.2) is 83.6 Å². The largest absolute Gasteiger partial charge is 0.363 e. The first-order chi connectivity index (χ1) is 13.1. The highest BCUT2D eigenvalue weighted by atomic mass is 32.2. The van der Waals surface area contributed by atoms with E-state index in [1.165, 1.54) is 0 Å². The van der Waals surface area contributed by atoms with E-state index in [4.69, 9.17) is 0 Å². The van der Waals surface area contributed by atoms with E-state index >= 15 is 0 Å². The van der Waals surface area contributed by atoms with Gasteiger partial charge in [0.2, 0.25) is 5.91 Å². The van der Waals surface area contributed by atoms with E-state index in [-0.39, 0.29) is 22.6 Å². The normalized spacial score (nSPS) is 26.5. The fraction of sp³-hybridized carbons (Fsp3) is 0.611. The standard InChI is InChI=1S/C18H25N5O3S/c24-18(22-9-10-27-13-22)15-11-14(12-19-15)20-5-7-21(8-6-20)16-3-1-2-4-17(16)23(25)26/h1-4,14-15,19H,5-13H2. The number of thioether (sulfide) groups is 1. The minimum atomic E-state index is -0.310. The van der Waals surface area contributed by atoms with Gasteiger partial charge in [0, 0.05) is 57.1 Å². The van der Waals surface area contributed by atoms with Crippen LogP contribution in [0.2, 0.25) is 0 Å². The van der Waals surface area contributed by atoms with E-state index in [1.807, 2.05) is 28.8 Å². The van der Waals surface area contributed by atoms with Crippen LogP contribution in [0, 0.1) is 10.1 Å². The van der Waals surface area contributed by atoms with Crippen LogP contribution in [0.4, 0.5) is 11.4 Å². The molecule has 146 valence electrons. The Morgan fingerprint density at radius 3 is 2.67 bits per heavy atom. The number of nitro groups is 1. The summed E-state index contributed by atoms with van der Waals surface area (Å²) in [6.45, 7) is 4.95. The lowest BCUT2D eigenvalue weighted by molar-refractivity contribution is -0.384. The molecule has 0 aliphatic carbocycles. The highest BCUT2D eigenvalue weighted by Crippen LogP contribution is 2.29. The Labute approximate surface area is 163 Å². The van der Waals surface area contributed by atoms with Crippen LogP contribution in [0.15, 0.2) is 24.3 Å². The zero-order valence-electron chi connectivity index (χ0n) is 15.2. The number of nitro benzene ring substituents is 1. The van der Waals surface area contributed by atoms with Crippen molar-refractivity contribution in [3.8, 4) is 0 Å². The van der Waals surface area contributed by atoms with E-state index in [1.54, 1.807) is 12.1 Å². The number of nitrogens with one attached hydrogen (secondary N) is 1. The highest BCUT2D eigenvalue weighted by Gasteiger charge is 2.37. The number of hydrogen-bond acceptors (Lipinski definition) is 7. The molecular formula is C18H25N5O3S. The monoisotopic (exact) mass is 391 g/mol. The van der Waals surface area contributed by atoms with Crippen molar-refractivity contribution in [1.82, 2.24) is 15.1 Å². The third kappa shape index (κ3) is 3.90. The van der Waals surface area contributed by atoms with Crippen molar-refractivity contribution in [2.75, 3.05) is 55.8 Å². The molecule has 3 heterocycles. The second-order valence-electron chi connectivity index (χ2n) is 7.26. The van der Waals surface area contributed by atoms with Gasteiger partial charge in [-0.05, 0) is 12.5 Å². The van der Waals surface area contributed by atoms with Crippen molar-refractivity contribution >= 4 is 29.0 Å². The first kappa shape index (κ1) is 18.5. The third-order valence-electron chi connectivity index (χ3n) is 5.72. The Kier molecular flexibility index (Phi) is 5.51. The van der Waals surface area contributed by atoms with Gasteiger partial charge in [-0.2, -0.15) is 0 Å². The summed E-state index contributed by atoms with van der Waals surface area (Å²) in [7, 11) is 0. The van der Waals surface area contributed by atoms with Gasteiger partial charge in [-0.3, -0.25) is 19.8 Å². The molecule has 3 saturated heterocycles. The zero-order valence-corrected chi connectivity index (χ0v) is 16.1. The fourth-order valence-electron chi connectivity index (χ4n) is 4.21. The lowest BCUT2D eigenvalue weighted by Gasteiger charge is -2.38. The Morgan fingerprint density at radius 1 is 1.19 bits per heavy atom. The maximum Gasteiger partial charge on any atom is 0.292 e. The second-order valence-corrected chi connectivity index (χ2v) is 8.33. The van der Waals surface area contributed by atoms with Gasteiger partial charge in [0.05, 0.1) is 16.8 Å². The van der Waals surface area contributed by atoms with E-state index in [0.717, 1.165) is 57.3 Å². The van der Waals surface area contributed by atoms with E-state index < -0.39 is 0 Å². The number of hydrogen-bond donors (Lipinski definition) is 1. The van der Waals surface area contributed by atoms with Crippen LogP contribution in [0.5, 0.6) is 0 Å².